The molecular formula is C12H13NO3S. The van der Waals surface area contributed by atoms with Gasteiger partial charge in [-0.05, 0) is 17.5 Å². The molecule has 0 spiro atoms. The third kappa shape index (κ3) is 2.34. The number of ether oxygens (including phenoxy) is 2. The van der Waals surface area contributed by atoms with Crippen LogP contribution in [0.4, 0.5) is 0 Å². The molecular weight excluding hydrogens is 238 g/mol. The third-order valence-electron chi connectivity index (χ3n) is 2.42. The van der Waals surface area contributed by atoms with Crippen molar-refractivity contribution < 1.29 is 14.3 Å². The van der Waals surface area contributed by atoms with Gasteiger partial charge in [0.05, 0.1) is 20.6 Å². The van der Waals surface area contributed by atoms with Crippen molar-refractivity contribution in [2.45, 2.75) is 6.42 Å². The number of amides is 1. The zero-order valence-corrected chi connectivity index (χ0v) is 10.5. The van der Waals surface area contributed by atoms with Crippen molar-refractivity contribution >= 4 is 27.3 Å². The lowest BCUT2D eigenvalue weighted by Crippen LogP contribution is -2.12. The van der Waals surface area contributed by atoms with Gasteiger partial charge in [0, 0.05) is 15.6 Å². The van der Waals surface area contributed by atoms with E-state index in [9.17, 15) is 4.79 Å². The fourth-order valence-corrected chi connectivity index (χ4v) is 2.76. The molecule has 17 heavy (non-hydrogen) atoms. The van der Waals surface area contributed by atoms with Crippen molar-refractivity contribution in [3.8, 4) is 11.5 Å². The summed E-state index contributed by atoms with van der Waals surface area (Å²) in [6, 6.07) is 5.76. The molecule has 0 atom stereocenters. The number of hydrogen-bond donors (Lipinski definition) is 1. The van der Waals surface area contributed by atoms with Crippen LogP contribution in [0.5, 0.6) is 11.5 Å². The van der Waals surface area contributed by atoms with Crippen LogP contribution in [0.15, 0.2) is 18.2 Å². The minimum absolute atomic E-state index is 0.268. The van der Waals surface area contributed by atoms with Gasteiger partial charge < -0.3 is 15.2 Å². The Morgan fingerprint density at radius 1 is 1.24 bits per heavy atom. The Hall–Kier alpha value is -1.75. The Morgan fingerprint density at radius 2 is 1.88 bits per heavy atom. The summed E-state index contributed by atoms with van der Waals surface area (Å²) in [7, 11) is 3.20. The zero-order chi connectivity index (χ0) is 12.4. The number of carbonyl (C=O) groups excluding carboxylic acids is 1. The molecule has 0 saturated heterocycles. The number of thiophene rings is 1. The molecule has 2 rings (SSSR count). The van der Waals surface area contributed by atoms with E-state index >= 15 is 0 Å². The van der Waals surface area contributed by atoms with E-state index in [0.717, 1.165) is 15.0 Å². The Morgan fingerprint density at radius 3 is 2.47 bits per heavy atom. The van der Waals surface area contributed by atoms with Crippen molar-refractivity contribution in [2.24, 2.45) is 5.73 Å². The second-order valence-electron chi connectivity index (χ2n) is 3.60. The summed E-state index contributed by atoms with van der Waals surface area (Å²) >= 11 is 1.54. The molecule has 1 aromatic carbocycles. The molecule has 1 amide bonds. The third-order valence-corrected chi connectivity index (χ3v) is 3.52. The highest BCUT2D eigenvalue weighted by molar-refractivity contribution is 7.19. The lowest BCUT2D eigenvalue weighted by atomic mass is 10.2. The van der Waals surface area contributed by atoms with E-state index in [1.165, 1.54) is 11.3 Å². The van der Waals surface area contributed by atoms with Gasteiger partial charge in [-0.3, -0.25) is 4.79 Å². The quantitative estimate of drug-likeness (QED) is 0.903. The number of benzene rings is 1. The normalized spacial score (nSPS) is 10.5. The Kier molecular flexibility index (Phi) is 3.19. The first-order valence-corrected chi connectivity index (χ1v) is 5.88. The van der Waals surface area contributed by atoms with Gasteiger partial charge in [-0.15, -0.1) is 11.3 Å². The van der Waals surface area contributed by atoms with Gasteiger partial charge in [0.15, 0.2) is 11.5 Å². The summed E-state index contributed by atoms with van der Waals surface area (Å²) in [6.45, 7) is 0. The molecule has 0 bridgehead atoms. The molecule has 1 heterocycles. The number of methoxy groups -OCH3 is 2. The molecule has 0 radical (unpaired) electrons. The topological polar surface area (TPSA) is 61.5 Å². The van der Waals surface area contributed by atoms with E-state index in [1.807, 2.05) is 18.2 Å². The van der Waals surface area contributed by atoms with Gasteiger partial charge >= 0.3 is 0 Å². The molecule has 90 valence electrons. The van der Waals surface area contributed by atoms with Crippen LogP contribution in [0.3, 0.4) is 0 Å². The van der Waals surface area contributed by atoms with Gasteiger partial charge in [0.25, 0.3) is 0 Å². The lowest BCUT2D eigenvalue weighted by molar-refractivity contribution is -0.117. The maximum atomic E-state index is 10.9. The molecule has 5 heteroatoms. The van der Waals surface area contributed by atoms with Crippen LogP contribution >= 0.6 is 11.3 Å². The van der Waals surface area contributed by atoms with Crippen molar-refractivity contribution in [1.82, 2.24) is 0 Å². The van der Waals surface area contributed by atoms with Crippen LogP contribution in [0.2, 0.25) is 0 Å². The fourth-order valence-electron chi connectivity index (χ4n) is 1.68. The Bertz CT molecular complexity index is 521. The highest BCUT2D eigenvalue weighted by Gasteiger charge is 2.10. The van der Waals surface area contributed by atoms with Crippen LogP contribution in [-0.4, -0.2) is 20.1 Å². The van der Waals surface area contributed by atoms with Crippen LogP contribution in [-0.2, 0) is 11.2 Å². The van der Waals surface area contributed by atoms with Crippen molar-refractivity contribution in [2.75, 3.05) is 14.2 Å². The summed E-state index contributed by atoms with van der Waals surface area (Å²) in [5, 5.41) is 1.03. The first kappa shape index (κ1) is 11.7. The lowest BCUT2D eigenvalue weighted by Gasteiger charge is -2.06. The molecule has 4 nitrogen and oxygen atoms in total. The largest absolute Gasteiger partial charge is 0.493 e. The van der Waals surface area contributed by atoms with Crippen LogP contribution in [0, 0.1) is 0 Å². The maximum absolute atomic E-state index is 10.9. The van der Waals surface area contributed by atoms with E-state index in [0.29, 0.717) is 11.5 Å². The molecule has 2 N–H and O–H groups in total. The zero-order valence-electron chi connectivity index (χ0n) is 9.65. The van der Waals surface area contributed by atoms with Crippen molar-refractivity contribution in [3.63, 3.8) is 0 Å². The predicted molar refractivity (Wildman–Crippen MR) is 67.8 cm³/mol. The van der Waals surface area contributed by atoms with E-state index in [1.54, 1.807) is 14.2 Å². The standard InChI is InChI=1S/C12H13NO3S/c1-15-9-4-7-3-8(5-12(13)14)17-11(7)6-10(9)16-2/h3-4,6H,5H2,1-2H3,(H2,13,14). The smallest absolute Gasteiger partial charge is 0.222 e. The molecule has 0 saturated carbocycles. The highest BCUT2D eigenvalue weighted by atomic mass is 32.1. The minimum atomic E-state index is -0.324. The average Bonchev–Trinajstić information content (AvgIpc) is 2.66. The van der Waals surface area contributed by atoms with Gasteiger partial charge in [-0.25, -0.2) is 0 Å². The number of carbonyl (C=O) groups is 1. The van der Waals surface area contributed by atoms with E-state index in [2.05, 4.69) is 0 Å². The highest BCUT2D eigenvalue weighted by Crippen LogP contribution is 2.36. The van der Waals surface area contributed by atoms with E-state index in [4.69, 9.17) is 15.2 Å². The summed E-state index contributed by atoms with van der Waals surface area (Å²) in [5.41, 5.74) is 5.18. The first-order chi connectivity index (χ1) is 8.13. The number of rotatable bonds is 4. The predicted octanol–water partition coefficient (Wildman–Crippen LogP) is 1.95. The van der Waals surface area contributed by atoms with Gasteiger partial charge in [0.1, 0.15) is 0 Å². The van der Waals surface area contributed by atoms with E-state index in [-0.39, 0.29) is 12.3 Å². The summed E-state index contributed by atoms with van der Waals surface area (Å²) in [4.78, 5) is 11.8. The van der Waals surface area contributed by atoms with Crippen LogP contribution < -0.4 is 15.2 Å². The number of hydrogen-bond acceptors (Lipinski definition) is 4. The number of nitrogens with two attached hydrogens (primary N) is 1. The molecule has 2 aromatic rings. The summed E-state index contributed by atoms with van der Waals surface area (Å²) < 4.78 is 11.5. The molecule has 0 unspecified atom stereocenters. The Balaban J connectivity index is 2.49. The molecule has 0 aliphatic heterocycles. The number of primary amides is 1. The minimum Gasteiger partial charge on any atom is -0.493 e. The summed E-state index contributed by atoms with van der Waals surface area (Å²) in [5.74, 6) is 1.05. The average molecular weight is 251 g/mol. The Labute approximate surface area is 103 Å². The van der Waals surface area contributed by atoms with Crippen LogP contribution in [0.1, 0.15) is 4.88 Å². The second kappa shape index (κ2) is 4.63. The molecule has 0 aliphatic carbocycles. The second-order valence-corrected chi connectivity index (χ2v) is 4.77. The van der Waals surface area contributed by atoms with Crippen molar-refractivity contribution in [1.29, 1.82) is 0 Å². The molecule has 0 fully saturated rings. The maximum Gasteiger partial charge on any atom is 0.222 e. The van der Waals surface area contributed by atoms with Gasteiger partial charge in [0.2, 0.25) is 5.91 Å². The fraction of sp³-hybridized carbons (Fsp3) is 0.250. The van der Waals surface area contributed by atoms with Crippen LogP contribution in [0.25, 0.3) is 10.1 Å². The number of fused-ring (bicyclic) bond motifs is 1. The van der Waals surface area contributed by atoms with Crippen molar-refractivity contribution in [3.05, 3.63) is 23.1 Å². The summed E-state index contributed by atoms with van der Waals surface area (Å²) in [6.07, 6.45) is 0.268. The SMILES string of the molecule is COc1cc2cc(CC(N)=O)sc2cc1OC. The monoisotopic (exact) mass is 251 g/mol. The first-order valence-electron chi connectivity index (χ1n) is 5.06. The van der Waals surface area contributed by atoms with E-state index < -0.39 is 0 Å². The molecule has 0 aliphatic rings. The van der Waals surface area contributed by atoms with Gasteiger partial charge in [-0.1, -0.05) is 0 Å². The molecule has 1 aromatic heterocycles. The van der Waals surface area contributed by atoms with Gasteiger partial charge in [-0.2, -0.15) is 0 Å².